The number of hydrogen-bond acceptors (Lipinski definition) is 6. The van der Waals surface area contributed by atoms with Crippen molar-refractivity contribution in [3.8, 4) is 0 Å². The van der Waals surface area contributed by atoms with E-state index in [4.69, 9.17) is 14.2 Å². The second kappa shape index (κ2) is 66.1. The van der Waals surface area contributed by atoms with Crippen LogP contribution in [-0.2, 0) is 28.6 Å². The summed E-state index contributed by atoms with van der Waals surface area (Å²) in [6.45, 7) is 6.67. The average Bonchev–Trinajstić information content (AvgIpc) is 3.43. The van der Waals surface area contributed by atoms with Gasteiger partial charge in [-0.25, -0.2) is 0 Å². The Bertz CT molecular complexity index is 1290. The highest BCUT2D eigenvalue weighted by atomic mass is 16.6. The molecule has 0 aromatic heterocycles. The second-order valence-electron chi connectivity index (χ2n) is 23.4. The first-order chi connectivity index (χ1) is 38.0. The van der Waals surface area contributed by atoms with E-state index >= 15 is 0 Å². The minimum atomic E-state index is -0.778. The summed E-state index contributed by atoms with van der Waals surface area (Å²) in [6, 6.07) is 0. The zero-order chi connectivity index (χ0) is 55.7. The normalized spacial score (nSPS) is 12.2. The third-order valence-electron chi connectivity index (χ3n) is 15.6. The molecule has 0 aliphatic carbocycles. The Morgan fingerprint density at radius 2 is 0.468 bits per heavy atom. The first kappa shape index (κ1) is 74.6. The predicted molar refractivity (Wildman–Crippen MR) is 335 cm³/mol. The van der Waals surface area contributed by atoms with E-state index in [1.165, 1.54) is 263 Å². The third kappa shape index (κ3) is 64.3. The number of allylic oxidation sites excluding steroid dienone is 6. The summed E-state index contributed by atoms with van der Waals surface area (Å²) in [4.78, 5) is 38.4. The Kier molecular flexibility index (Phi) is 64.1. The molecule has 77 heavy (non-hydrogen) atoms. The summed E-state index contributed by atoms with van der Waals surface area (Å²) in [5.41, 5.74) is 0. The number of esters is 3. The van der Waals surface area contributed by atoms with Crippen LogP contribution in [0.5, 0.6) is 0 Å². The van der Waals surface area contributed by atoms with Crippen LogP contribution in [-0.4, -0.2) is 37.2 Å². The van der Waals surface area contributed by atoms with Gasteiger partial charge in [0, 0.05) is 19.3 Å². The molecule has 0 amide bonds. The molecule has 452 valence electrons. The smallest absolute Gasteiger partial charge is 0.306 e. The van der Waals surface area contributed by atoms with Gasteiger partial charge in [0.1, 0.15) is 13.2 Å². The Morgan fingerprint density at radius 1 is 0.260 bits per heavy atom. The van der Waals surface area contributed by atoms with Crippen molar-refractivity contribution in [3.05, 3.63) is 36.5 Å². The van der Waals surface area contributed by atoms with Crippen LogP contribution in [0.2, 0.25) is 0 Å². The molecule has 0 saturated carbocycles. The van der Waals surface area contributed by atoms with Crippen LogP contribution in [0.4, 0.5) is 0 Å². The van der Waals surface area contributed by atoms with E-state index < -0.39 is 6.10 Å². The van der Waals surface area contributed by atoms with Gasteiger partial charge >= 0.3 is 17.9 Å². The van der Waals surface area contributed by atoms with Gasteiger partial charge in [-0.05, 0) is 77.0 Å². The highest BCUT2D eigenvalue weighted by molar-refractivity contribution is 5.71. The molecule has 0 aliphatic rings. The molecule has 0 N–H and O–H groups in total. The maximum atomic E-state index is 12.9. The van der Waals surface area contributed by atoms with E-state index in [0.29, 0.717) is 19.3 Å². The van der Waals surface area contributed by atoms with Crippen LogP contribution >= 0.6 is 0 Å². The molecular weight excluding hydrogens is 949 g/mol. The van der Waals surface area contributed by atoms with E-state index in [0.717, 1.165) is 77.0 Å². The molecule has 6 heteroatoms. The number of ether oxygens (including phenoxy) is 3. The summed E-state index contributed by atoms with van der Waals surface area (Å²) >= 11 is 0. The molecule has 0 radical (unpaired) electrons. The van der Waals surface area contributed by atoms with Crippen molar-refractivity contribution in [2.75, 3.05) is 13.2 Å². The van der Waals surface area contributed by atoms with Crippen LogP contribution in [0.15, 0.2) is 36.5 Å². The molecule has 1 unspecified atom stereocenters. The monoisotopic (exact) mass is 1080 g/mol. The lowest BCUT2D eigenvalue weighted by Crippen LogP contribution is -2.30. The number of carbonyl (C=O) groups is 3. The lowest BCUT2D eigenvalue weighted by Gasteiger charge is -2.18. The van der Waals surface area contributed by atoms with Crippen molar-refractivity contribution in [3.63, 3.8) is 0 Å². The molecule has 0 bridgehead atoms. The molecular formula is C71H132O6. The maximum Gasteiger partial charge on any atom is 0.306 e. The van der Waals surface area contributed by atoms with Gasteiger partial charge in [-0.2, -0.15) is 0 Å². The van der Waals surface area contributed by atoms with Gasteiger partial charge in [-0.3, -0.25) is 14.4 Å². The first-order valence-corrected chi connectivity index (χ1v) is 34.5. The lowest BCUT2D eigenvalue weighted by molar-refractivity contribution is -0.167. The third-order valence-corrected chi connectivity index (χ3v) is 15.6. The van der Waals surface area contributed by atoms with E-state index in [1.807, 2.05) is 0 Å². The van der Waals surface area contributed by atoms with E-state index in [1.54, 1.807) is 0 Å². The Labute approximate surface area is 480 Å². The Hall–Kier alpha value is -2.37. The van der Waals surface area contributed by atoms with E-state index in [9.17, 15) is 14.4 Å². The largest absolute Gasteiger partial charge is 0.462 e. The molecule has 0 fully saturated rings. The standard InChI is InChI=1S/C71H132O6/c1-4-7-10-13-16-19-22-25-28-30-32-33-34-35-36-37-39-40-43-46-49-52-55-58-61-64-70(73)76-67-68(66-75-69(72)63-60-57-54-51-48-45-42-27-24-21-18-15-12-9-6-3)77-71(74)65-62-59-56-53-50-47-44-41-38-31-29-26-23-20-17-14-11-8-5-2/h18,21,26-27,29,42,68H,4-17,19-20,22-25,28,30-41,43-67H2,1-3H3/b21-18-,29-26-,42-27-. The minimum absolute atomic E-state index is 0.0729. The van der Waals surface area contributed by atoms with Crippen LogP contribution in [0.25, 0.3) is 0 Å². The van der Waals surface area contributed by atoms with Crippen molar-refractivity contribution in [2.45, 2.75) is 386 Å². The molecule has 0 heterocycles. The SMILES string of the molecule is CCCCC/C=C\C/C=C\CCCCCCCC(=O)OCC(COC(=O)CCCCCCCCCCCCCCCCCCCCCCCCCCC)OC(=O)CCCCCCCCCCC/C=C\CCCCCCCC. The van der Waals surface area contributed by atoms with Gasteiger partial charge in [-0.15, -0.1) is 0 Å². The summed E-state index contributed by atoms with van der Waals surface area (Å²) < 4.78 is 17.0. The van der Waals surface area contributed by atoms with Gasteiger partial charge < -0.3 is 14.2 Å². The van der Waals surface area contributed by atoms with Crippen LogP contribution in [0, 0.1) is 0 Å². The van der Waals surface area contributed by atoms with Crippen molar-refractivity contribution in [1.29, 1.82) is 0 Å². The lowest BCUT2D eigenvalue weighted by atomic mass is 10.0. The zero-order valence-corrected chi connectivity index (χ0v) is 52.0. The Balaban J connectivity index is 4.27. The van der Waals surface area contributed by atoms with Gasteiger partial charge in [0.05, 0.1) is 0 Å². The predicted octanol–water partition coefficient (Wildman–Crippen LogP) is 23.6. The summed E-state index contributed by atoms with van der Waals surface area (Å²) in [5.74, 6) is -0.863. The fraction of sp³-hybridized carbons (Fsp3) is 0.873. The molecule has 0 aromatic rings. The average molecular weight is 1080 g/mol. The van der Waals surface area contributed by atoms with E-state index in [2.05, 4.69) is 57.2 Å². The highest BCUT2D eigenvalue weighted by Gasteiger charge is 2.19. The molecule has 0 saturated heterocycles. The van der Waals surface area contributed by atoms with Gasteiger partial charge in [0.2, 0.25) is 0 Å². The number of unbranched alkanes of at least 4 members (excludes halogenated alkanes) is 47. The minimum Gasteiger partial charge on any atom is -0.462 e. The quantitative estimate of drug-likeness (QED) is 0.0261. The topological polar surface area (TPSA) is 78.9 Å². The molecule has 0 aromatic carbocycles. The molecule has 1 atom stereocenters. The number of carbonyl (C=O) groups excluding carboxylic acids is 3. The number of hydrogen-bond donors (Lipinski definition) is 0. The fourth-order valence-electron chi connectivity index (χ4n) is 10.4. The van der Waals surface area contributed by atoms with Crippen molar-refractivity contribution in [1.82, 2.24) is 0 Å². The maximum absolute atomic E-state index is 12.9. The fourth-order valence-corrected chi connectivity index (χ4v) is 10.4. The highest BCUT2D eigenvalue weighted by Crippen LogP contribution is 2.18. The second-order valence-corrected chi connectivity index (χ2v) is 23.4. The van der Waals surface area contributed by atoms with Crippen LogP contribution in [0.3, 0.4) is 0 Å². The first-order valence-electron chi connectivity index (χ1n) is 34.5. The van der Waals surface area contributed by atoms with Gasteiger partial charge in [-0.1, -0.05) is 320 Å². The van der Waals surface area contributed by atoms with Crippen molar-refractivity contribution < 1.29 is 28.6 Å². The Morgan fingerprint density at radius 3 is 0.753 bits per heavy atom. The number of rotatable bonds is 64. The van der Waals surface area contributed by atoms with E-state index in [-0.39, 0.29) is 31.1 Å². The summed E-state index contributed by atoms with van der Waals surface area (Å²) in [6.07, 6.45) is 81.7. The van der Waals surface area contributed by atoms with Gasteiger partial charge in [0.25, 0.3) is 0 Å². The summed E-state index contributed by atoms with van der Waals surface area (Å²) in [7, 11) is 0. The van der Waals surface area contributed by atoms with Crippen LogP contribution < -0.4 is 0 Å². The molecule has 0 rings (SSSR count). The van der Waals surface area contributed by atoms with Gasteiger partial charge in [0.15, 0.2) is 6.10 Å². The zero-order valence-electron chi connectivity index (χ0n) is 52.0. The summed E-state index contributed by atoms with van der Waals surface area (Å²) in [5, 5.41) is 0. The van der Waals surface area contributed by atoms with Crippen molar-refractivity contribution >= 4 is 17.9 Å². The molecule has 0 aliphatic heterocycles. The molecule has 6 nitrogen and oxygen atoms in total. The molecule has 0 spiro atoms. The van der Waals surface area contributed by atoms with Crippen LogP contribution in [0.1, 0.15) is 380 Å². The van der Waals surface area contributed by atoms with Crippen molar-refractivity contribution in [2.24, 2.45) is 0 Å².